The minimum absolute atomic E-state index is 0.344. The first kappa shape index (κ1) is 14.1. The first-order valence-corrected chi connectivity index (χ1v) is 8.71. The smallest absolute Gasteiger partial charge is 0.199 e. The number of aromatic nitrogens is 5. The molecule has 0 N–H and O–H groups in total. The monoisotopic (exact) mass is 324 g/mol. The topological polar surface area (TPSA) is 72.9 Å². The van der Waals surface area contributed by atoms with Gasteiger partial charge in [-0.2, -0.15) is 0 Å². The third-order valence-corrected chi connectivity index (χ3v) is 4.98. The molecule has 24 heavy (non-hydrogen) atoms. The second-order valence-electron chi connectivity index (χ2n) is 6.86. The zero-order valence-electron chi connectivity index (χ0n) is 13.5. The number of fused-ring (bicyclic) bond motifs is 1. The van der Waals surface area contributed by atoms with Gasteiger partial charge in [-0.05, 0) is 54.8 Å². The fourth-order valence-electron chi connectivity index (χ4n) is 3.58. The van der Waals surface area contributed by atoms with Crippen molar-refractivity contribution in [2.75, 3.05) is 13.1 Å². The van der Waals surface area contributed by atoms with E-state index < -0.39 is 0 Å². The van der Waals surface area contributed by atoms with Crippen molar-refractivity contribution in [2.24, 2.45) is 0 Å². The van der Waals surface area contributed by atoms with E-state index in [2.05, 4.69) is 25.4 Å². The van der Waals surface area contributed by atoms with Crippen LogP contribution in [0.15, 0.2) is 28.7 Å². The number of benzene rings is 1. The maximum Gasteiger partial charge on any atom is 0.199 e. The third kappa shape index (κ3) is 2.58. The van der Waals surface area contributed by atoms with Gasteiger partial charge >= 0.3 is 0 Å². The molecule has 0 bridgehead atoms. The molecule has 7 nitrogen and oxygen atoms in total. The molecule has 1 aliphatic carbocycles. The molecule has 0 radical (unpaired) electrons. The highest BCUT2D eigenvalue weighted by Gasteiger charge is 2.30. The molecule has 1 aromatic carbocycles. The van der Waals surface area contributed by atoms with Crippen molar-refractivity contribution >= 4 is 11.1 Å². The first-order chi connectivity index (χ1) is 11.9. The molecule has 1 saturated heterocycles. The largest absolute Gasteiger partial charge is 0.440 e. The van der Waals surface area contributed by atoms with Crippen LogP contribution in [-0.4, -0.2) is 43.2 Å². The van der Waals surface area contributed by atoms with Crippen molar-refractivity contribution in [1.82, 2.24) is 30.1 Å². The van der Waals surface area contributed by atoms with Crippen LogP contribution in [-0.2, 0) is 6.54 Å². The van der Waals surface area contributed by atoms with Crippen LogP contribution in [0.25, 0.3) is 11.1 Å². The molecule has 3 heterocycles. The van der Waals surface area contributed by atoms with Gasteiger partial charge in [0.2, 0.25) is 0 Å². The number of likely N-dealkylation sites (tertiary alicyclic amines) is 1. The van der Waals surface area contributed by atoms with E-state index in [-0.39, 0.29) is 0 Å². The van der Waals surface area contributed by atoms with Gasteiger partial charge in [-0.3, -0.25) is 4.90 Å². The highest BCUT2D eigenvalue weighted by atomic mass is 16.3. The summed E-state index contributed by atoms with van der Waals surface area (Å²) in [6.07, 6.45) is 4.67. The van der Waals surface area contributed by atoms with Crippen molar-refractivity contribution < 1.29 is 4.42 Å². The zero-order valence-corrected chi connectivity index (χ0v) is 13.5. The Balaban J connectivity index is 1.33. The molecular formula is C17H20N6O. The lowest BCUT2D eigenvalue weighted by Gasteiger charge is -2.30. The van der Waals surface area contributed by atoms with Gasteiger partial charge in [0.1, 0.15) is 5.52 Å². The number of piperidine rings is 1. The van der Waals surface area contributed by atoms with Crippen LogP contribution >= 0.6 is 0 Å². The summed E-state index contributed by atoms with van der Waals surface area (Å²) in [5.74, 6) is 2.19. The van der Waals surface area contributed by atoms with Gasteiger partial charge in [0.05, 0.1) is 12.6 Å². The second kappa shape index (κ2) is 5.66. The van der Waals surface area contributed by atoms with Crippen LogP contribution in [0.5, 0.6) is 0 Å². The van der Waals surface area contributed by atoms with Crippen LogP contribution in [0.2, 0.25) is 0 Å². The summed E-state index contributed by atoms with van der Waals surface area (Å²) in [6.45, 7) is 2.83. The number of tetrazole rings is 1. The Kier molecular flexibility index (Phi) is 3.33. The van der Waals surface area contributed by atoms with Gasteiger partial charge in [-0.25, -0.2) is 9.67 Å². The van der Waals surface area contributed by atoms with Gasteiger partial charge in [-0.15, -0.1) is 5.10 Å². The molecule has 1 saturated carbocycles. The molecule has 7 heteroatoms. The Morgan fingerprint density at radius 3 is 2.96 bits per heavy atom. The standard InChI is InChI=1S/C17H20N6O/c1-2-6-15-14(5-1)18-17(24-15)12-4-3-9-22(10-12)11-16-19-20-21-23(16)13-7-8-13/h1-2,5-6,12-13H,3-4,7-11H2/t12-/m0/s1. The van der Waals surface area contributed by atoms with Crippen molar-refractivity contribution in [2.45, 2.75) is 44.2 Å². The van der Waals surface area contributed by atoms with Crippen LogP contribution in [0.4, 0.5) is 0 Å². The Morgan fingerprint density at radius 2 is 2.08 bits per heavy atom. The molecule has 1 atom stereocenters. The molecule has 0 spiro atoms. The highest BCUT2D eigenvalue weighted by Crippen LogP contribution is 2.35. The summed E-state index contributed by atoms with van der Waals surface area (Å²) in [4.78, 5) is 7.11. The SMILES string of the molecule is c1ccc2oc([C@H]3CCCN(Cc4nnnn4C4CC4)C3)nc2c1. The van der Waals surface area contributed by atoms with E-state index in [0.29, 0.717) is 12.0 Å². The normalized spacial score (nSPS) is 22.2. The molecule has 2 fully saturated rings. The number of nitrogens with zero attached hydrogens (tertiary/aromatic N) is 6. The number of hydrogen-bond acceptors (Lipinski definition) is 6. The fourth-order valence-corrected chi connectivity index (χ4v) is 3.58. The van der Waals surface area contributed by atoms with Crippen molar-refractivity contribution in [3.63, 3.8) is 0 Å². The van der Waals surface area contributed by atoms with Gasteiger partial charge < -0.3 is 4.42 Å². The van der Waals surface area contributed by atoms with E-state index in [1.54, 1.807) is 0 Å². The highest BCUT2D eigenvalue weighted by molar-refractivity contribution is 5.72. The van der Waals surface area contributed by atoms with Gasteiger partial charge in [0.25, 0.3) is 0 Å². The number of oxazole rings is 1. The van der Waals surface area contributed by atoms with Crippen LogP contribution in [0.1, 0.15) is 49.4 Å². The lowest BCUT2D eigenvalue weighted by Crippen LogP contribution is -2.35. The summed E-state index contributed by atoms with van der Waals surface area (Å²) in [5.41, 5.74) is 1.82. The van der Waals surface area contributed by atoms with Crippen molar-refractivity contribution in [3.05, 3.63) is 36.0 Å². The van der Waals surface area contributed by atoms with E-state index >= 15 is 0 Å². The van der Waals surface area contributed by atoms with E-state index in [1.165, 1.54) is 12.8 Å². The molecule has 124 valence electrons. The quantitative estimate of drug-likeness (QED) is 0.734. The molecular weight excluding hydrogens is 304 g/mol. The minimum Gasteiger partial charge on any atom is -0.440 e. The van der Waals surface area contributed by atoms with Crippen LogP contribution in [0, 0.1) is 0 Å². The molecule has 5 rings (SSSR count). The van der Waals surface area contributed by atoms with E-state index in [4.69, 9.17) is 4.42 Å². The van der Waals surface area contributed by atoms with Gasteiger partial charge in [0.15, 0.2) is 17.3 Å². The minimum atomic E-state index is 0.344. The van der Waals surface area contributed by atoms with Crippen molar-refractivity contribution in [1.29, 1.82) is 0 Å². The average Bonchev–Trinajstić information content (AvgIpc) is 3.19. The molecule has 2 aromatic heterocycles. The van der Waals surface area contributed by atoms with E-state index in [0.717, 1.165) is 55.3 Å². The van der Waals surface area contributed by atoms with E-state index in [1.807, 2.05) is 28.9 Å². The summed E-state index contributed by atoms with van der Waals surface area (Å²) in [7, 11) is 0. The fraction of sp³-hybridized carbons (Fsp3) is 0.529. The molecule has 1 aliphatic heterocycles. The number of hydrogen-bond donors (Lipinski definition) is 0. The lowest BCUT2D eigenvalue weighted by molar-refractivity contribution is 0.180. The number of para-hydroxylation sites is 2. The first-order valence-electron chi connectivity index (χ1n) is 8.71. The van der Waals surface area contributed by atoms with Crippen molar-refractivity contribution in [3.8, 4) is 0 Å². The number of rotatable bonds is 4. The van der Waals surface area contributed by atoms with Crippen LogP contribution in [0.3, 0.4) is 0 Å². The Labute approximate surface area is 139 Å². The van der Waals surface area contributed by atoms with E-state index in [9.17, 15) is 0 Å². The maximum absolute atomic E-state index is 5.98. The Hall–Kier alpha value is -2.28. The second-order valence-corrected chi connectivity index (χ2v) is 6.86. The maximum atomic E-state index is 5.98. The summed E-state index contributed by atoms with van der Waals surface area (Å²) >= 11 is 0. The predicted molar refractivity (Wildman–Crippen MR) is 87.3 cm³/mol. The molecule has 3 aromatic rings. The van der Waals surface area contributed by atoms with Gasteiger partial charge in [-0.1, -0.05) is 12.1 Å². The summed E-state index contributed by atoms with van der Waals surface area (Å²) in [5, 5.41) is 12.2. The Morgan fingerprint density at radius 1 is 1.17 bits per heavy atom. The predicted octanol–water partition coefficient (Wildman–Crippen LogP) is 2.53. The summed E-state index contributed by atoms with van der Waals surface area (Å²) in [6, 6.07) is 8.50. The Bertz CT molecular complexity index is 819. The van der Waals surface area contributed by atoms with Gasteiger partial charge in [0, 0.05) is 12.5 Å². The third-order valence-electron chi connectivity index (χ3n) is 4.98. The molecule has 2 aliphatic rings. The average molecular weight is 324 g/mol. The summed E-state index contributed by atoms with van der Waals surface area (Å²) < 4.78 is 7.98. The lowest BCUT2D eigenvalue weighted by atomic mass is 9.98. The zero-order chi connectivity index (χ0) is 15.9. The van der Waals surface area contributed by atoms with Crippen LogP contribution < -0.4 is 0 Å². The molecule has 0 amide bonds. The molecule has 0 unspecified atom stereocenters.